The fourth-order valence-electron chi connectivity index (χ4n) is 2.59. The maximum Gasteiger partial charge on any atom is 0.192 e. The number of hydrogen-bond acceptors (Lipinski definition) is 1. The Bertz CT molecular complexity index is 347. The van der Waals surface area contributed by atoms with E-state index in [0.717, 1.165) is 12.5 Å². The number of hydrogen-bond donors (Lipinski definition) is 0. The molecule has 0 spiro atoms. The Kier molecular flexibility index (Phi) is 4.79. The molecule has 0 saturated carbocycles. The molecule has 0 amide bonds. The van der Waals surface area contributed by atoms with Gasteiger partial charge < -0.3 is 4.43 Å². The third kappa shape index (κ3) is 3.52. The molecular formula is C17H34OSi. The number of allylic oxidation sites excluding steroid dienone is 1. The van der Waals surface area contributed by atoms with Gasteiger partial charge in [-0.2, -0.15) is 0 Å². The van der Waals surface area contributed by atoms with Crippen LogP contribution in [0.1, 0.15) is 54.9 Å². The van der Waals surface area contributed by atoms with Crippen LogP contribution < -0.4 is 0 Å². The first-order valence-corrected chi connectivity index (χ1v) is 10.6. The van der Waals surface area contributed by atoms with Gasteiger partial charge >= 0.3 is 0 Å². The van der Waals surface area contributed by atoms with Crippen LogP contribution >= 0.6 is 0 Å². The maximum atomic E-state index is 6.49. The molecule has 0 heterocycles. The lowest BCUT2D eigenvalue weighted by atomic mass is 9.63. The first-order chi connectivity index (χ1) is 8.39. The van der Waals surface area contributed by atoms with Gasteiger partial charge in [0.1, 0.15) is 0 Å². The summed E-state index contributed by atoms with van der Waals surface area (Å²) in [6.45, 7) is 22.0. The van der Waals surface area contributed by atoms with Crippen molar-refractivity contribution >= 4 is 8.32 Å². The van der Waals surface area contributed by atoms with Crippen molar-refractivity contribution in [1.82, 2.24) is 0 Å². The van der Waals surface area contributed by atoms with E-state index in [-0.39, 0.29) is 0 Å². The molecule has 1 aliphatic rings. The molecule has 1 rings (SSSR count). The molecule has 112 valence electrons. The van der Waals surface area contributed by atoms with E-state index in [4.69, 9.17) is 4.43 Å². The molecule has 2 atom stereocenters. The summed E-state index contributed by atoms with van der Waals surface area (Å²) in [5.74, 6) is 1.31. The van der Waals surface area contributed by atoms with Gasteiger partial charge in [0.15, 0.2) is 8.32 Å². The first kappa shape index (κ1) is 17.0. The number of rotatable bonds is 3. The Morgan fingerprint density at radius 1 is 1.32 bits per heavy atom. The van der Waals surface area contributed by atoms with Crippen LogP contribution in [0.2, 0.25) is 18.1 Å². The zero-order valence-corrected chi connectivity index (χ0v) is 15.6. The smallest absolute Gasteiger partial charge is 0.192 e. The lowest BCUT2D eigenvalue weighted by Gasteiger charge is -2.45. The van der Waals surface area contributed by atoms with E-state index in [9.17, 15) is 0 Å². The summed E-state index contributed by atoms with van der Waals surface area (Å²) < 4.78 is 6.49. The lowest BCUT2D eigenvalue weighted by molar-refractivity contribution is 0.0872. The molecule has 0 radical (unpaired) electrons. The van der Waals surface area contributed by atoms with E-state index < -0.39 is 8.32 Å². The lowest BCUT2D eigenvalue weighted by Crippen LogP contribution is -2.45. The van der Waals surface area contributed by atoms with Crippen molar-refractivity contribution in [3.05, 3.63) is 11.6 Å². The largest absolute Gasteiger partial charge is 0.416 e. The normalized spacial score (nSPS) is 28.2. The molecule has 0 saturated heterocycles. The molecule has 19 heavy (non-hydrogen) atoms. The zero-order chi connectivity index (χ0) is 15.1. The molecule has 0 unspecified atom stereocenters. The van der Waals surface area contributed by atoms with E-state index in [2.05, 4.69) is 67.6 Å². The quantitative estimate of drug-likeness (QED) is 0.481. The third-order valence-corrected chi connectivity index (χ3v) is 10.4. The average Bonchev–Trinajstić information content (AvgIpc) is 2.22. The van der Waals surface area contributed by atoms with Crippen molar-refractivity contribution < 1.29 is 4.43 Å². The Labute approximate surface area is 122 Å². The fraction of sp³-hybridized carbons (Fsp3) is 0.882. The highest BCUT2D eigenvalue weighted by Crippen LogP contribution is 2.46. The summed E-state index contributed by atoms with van der Waals surface area (Å²) in [6.07, 6.45) is 3.64. The van der Waals surface area contributed by atoms with Crippen molar-refractivity contribution in [2.45, 2.75) is 73.0 Å². The van der Waals surface area contributed by atoms with Crippen LogP contribution in [0.15, 0.2) is 11.6 Å². The van der Waals surface area contributed by atoms with E-state index >= 15 is 0 Å². The SMILES string of the molecule is CC1=CC[C@H](C)C(C)(C)[C@@H]1CO[Si](C)(C)C(C)(C)C. The van der Waals surface area contributed by atoms with Gasteiger partial charge in [-0.3, -0.25) is 0 Å². The minimum Gasteiger partial charge on any atom is -0.416 e. The second kappa shape index (κ2) is 5.36. The summed E-state index contributed by atoms with van der Waals surface area (Å²) >= 11 is 0. The molecule has 2 heteroatoms. The average molecular weight is 283 g/mol. The summed E-state index contributed by atoms with van der Waals surface area (Å²) in [7, 11) is -1.63. The van der Waals surface area contributed by atoms with Gasteiger partial charge in [-0.05, 0) is 42.8 Å². The van der Waals surface area contributed by atoms with Crippen molar-refractivity contribution in [1.29, 1.82) is 0 Å². The van der Waals surface area contributed by atoms with Gasteiger partial charge in [-0.25, -0.2) is 0 Å². The molecule has 0 fully saturated rings. The van der Waals surface area contributed by atoms with E-state index in [0.29, 0.717) is 16.4 Å². The van der Waals surface area contributed by atoms with Gasteiger partial charge in [-0.15, -0.1) is 0 Å². The van der Waals surface area contributed by atoms with Crippen LogP contribution in [-0.4, -0.2) is 14.9 Å². The van der Waals surface area contributed by atoms with Crippen LogP contribution in [0.4, 0.5) is 0 Å². The Hall–Kier alpha value is -0.0831. The molecule has 1 nitrogen and oxygen atoms in total. The Balaban J connectivity index is 2.81. The summed E-state index contributed by atoms with van der Waals surface area (Å²) in [5.41, 5.74) is 1.88. The minimum atomic E-state index is -1.63. The molecule has 0 N–H and O–H groups in total. The highest BCUT2D eigenvalue weighted by Gasteiger charge is 2.42. The second-order valence-corrected chi connectivity index (χ2v) is 13.3. The molecule has 0 aromatic rings. The highest BCUT2D eigenvalue weighted by atomic mass is 28.4. The van der Waals surface area contributed by atoms with Crippen molar-refractivity contribution in [2.75, 3.05) is 6.61 Å². The summed E-state index contributed by atoms with van der Waals surface area (Å²) in [4.78, 5) is 0. The molecule has 0 aromatic heterocycles. The second-order valence-electron chi connectivity index (χ2n) is 8.53. The van der Waals surface area contributed by atoms with Crippen LogP contribution in [-0.2, 0) is 4.43 Å². The first-order valence-electron chi connectivity index (χ1n) is 7.70. The van der Waals surface area contributed by atoms with Crippen molar-refractivity contribution in [2.24, 2.45) is 17.3 Å². The molecule has 0 aliphatic heterocycles. The van der Waals surface area contributed by atoms with E-state index in [1.807, 2.05) is 0 Å². The summed E-state index contributed by atoms with van der Waals surface area (Å²) in [5, 5.41) is 0.301. The fourth-order valence-corrected chi connectivity index (χ4v) is 3.61. The van der Waals surface area contributed by atoms with Crippen LogP contribution in [0, 0.1) is 17.3 Å². The van der Waals surface area contributed by atoms with Crippen molar-refractivity contribution in [3.8, 4) is 0 Å². The Morgan fingerprint density at radius 2 is 1.84 bits per heavy atom. The Morgan fingerprint density at radius 3 is 2.32 bits per heavy atom. The van der Waals surface area contributed by atoms with E-state index in [1.54, 1.807) is 0 Å². The standard InChI is InChI=1S/C17H34OSi/c1-13-10-11-14(2)17(6,7)15(13)12-18-19(8,9)16(3,4)5/h10,14-15H,11-12H2,1-9H3/t14-,15+/m0/s1. The highest BCUT2D eigenvalue weighted by molar-refractivity contribution is 6.74. The third-order valence-electron chi connectivity index (χ3n) is 5.93. The monoisotopic (exact) mass is 282 g/mol. The van der Waals surface area contributed by atoms with Crippen LogP contribution in [0.5, 0.6) is 0 Å². The molecule has 0 aromatic carbocycles. The predicted molar refractivity (Wildman–Crippen MR) is 88.0 cm³/mol. The maximum absolute atomic E-state index is 6.49. The van der Waals surface area contributed by atoms with Crippen LogP contribution in [0.25, 0.3) is 0 Å². The molecule has 0 bridgehead atoms. The molecule has 1 aliphatic carbocycles. The summed E-state index contributed by atoms with van der Waals surface area (Å²) in [6, 6.07) is 0. The molecular weight excluding hydrogens is 248 g/mol. The zero-order valence-electron chi connectivity index (χ0n) is 14.6. The van der Waals surface area contributed by atoms with Crippen LogP contribution in [0.3, 0.4) is 0 Å². The van der Waals surface area contributed by atoms with Crippen molar-refractivity contribution in [3.63, 3.8) is 0 Å². The topological polar surface area (TPSA) is 9.23 Å². The minimum absolute atomic E-state index is 0.301. The van der Waals surface area contributed by atoms with Gasteiger partial charge in [-0.1, -0.05) is 53.2 Å². The van der Waals surface area contributed by atoms with Gasteiger partial charge in [0, 0.05) is 12.5 Å². The predicted octanol–water partition coefficient (Wildman–Crippen LogP) is 5.64. The van der Waals surface area contributed by atoms with Gasteiger partial charge in [0.2, 0.25) is 0 Å². The van der Waals surface area contributed by atoms with Gasteiger partial charge in [0.05, 0.1) is 0 Å². The van der Waals surface area contributed by atoms with Gasteiger partial charge in [0.25, 0.3) is 0 Å². The van der Waals surface area contributed by atoms with E-state index in [1.165, 1.54) is 12.0 Å².